The van der Waals surface area contributed by atoms with Gasteiger partial charge in [0, 0.05) is 5.02 Å². The van der Waals surface area contributed by atoms with Crippen LogP contribution in [0, 0.1) is 17.4 Å². The zero-order chi connectivity index (χ0) is 30.7. The van der Waals surface area contributed by atoms with Gasteiger partial charge in [0.15, 0.2) is 16.6 Å². The van der Waals surface area contributed by atoms with Crippen molar-refractivity contribution < 1.29 is 19.1 Å². The largest absolute Gasteiger partial charge is 0.490 e. The molecular weight excluding hydrogens is 695 g/mol. The first kappa shape index (κ1) is 30.7. The number of amides is 2. The molecule has 1 aliphatic heterocycles. The molecule has 6 nitrogen and oxygen atoms in total. The Morgan fingerprint density at radius 1 is 0.814 bits per heavy atom. The highest BCUT2D eigenvalue weighted by Gasteiger charge is 2.41. The summed E-state index contributed by atoms with van der Waals surface area (Å²) in [6, 6.07) is 26.0. The molecule has 1 heterocycles. The number of hydrogen-bond donors (Lipinski definition) is 0. The maximum absolute atomic E-state index is 14.0. The normalized spacial score (nSPS) is 13.4. The summed E-state index contributed by atoms with van der Waals surface area (Å²) in [6.45, 7) is 6.54. The standard InChI is InChI=1S/C34H28ClIN2O4S/c1-4-41-30-19-24(18-29(36)31(30)42-20-23-9-11-25(35)12-10-23)17-28-32(39)37(26-13-5-21(2)6-14-26)34(43)38(33(28)40)27-15-7-22(3)8-16-27/h5-19H,4,20H2,1-3H3. The van der Waals surface area contributed by atoms with E-state index in [1.165, 1.54) is 9.80 Å². The highest BCUT2D eigenvalue weighted by molar-refractivity contribution is 14.1. The van der Waals surface area contributed by atoms with Crippen molar-refractivity contribution in [1.82, 2.24) is 0 Å². The number of rotatable bonds is 8. The van der Waals surface area contributed by atoms with Gasteiger partial charge in [-0.15, -0.1) is 0 Å². The number of anilines is 2. The summed E-state index contributed by atoms with van der Waals surface area (Å²) in [5.41, 5.74) is 4.77. The zero-order valence-corrected chi connectivity index (χ0v) is 27.5. The zero-order valence-electron chi connectivity index (χ0n) is 23.8. The number of hydrogen-bond acceptors (Lipinski definition) is 5. The van der Waals surface area contributed by atoms with Gasteiger partial charge >= 0.3 is 0 Å². The summed E-state index contributed by atoms with van der Waals surface area (Å²) in [4.78, 5) is 30.7. The van der Waals surface area contributed by atoms with E-state index in [-0.39, 0.29) is 10.7 Å². The van der Waals surface area contributed by atoms with Gasteiger partial charge < -0.3 is 9.47 Å². The van der Waals surface area contributed by atoms with Crippen molar-refractivity contribution in [3.63, 3.8) is 0 Å². The summed E-state index contributed by atoms with van der Waals surface area (Å²) in [5.74, 6) is 0.0771. The van der Waals surface area contributed by atoms with Crippen LogP contribution in [0.25, 0.3) is 6.08 Å². The number of carbonyl (C=O) groups excluding carboxylic acids is 2. The maximum Gasteiger partial charge on any atom is 0.270 e. The average Bonchev–Trinajstić information content (AvgIpc) is 2.98. The van der Waals surface area contributed by atoms with Crippen LogP contribution in [0.1, 0.15) is 29.2 Å². The van der Waals surface area contributed by atoms with Gasteiger partial charge in [-0.1, -0.05) is 59.1 Å². The van der Waals surface area contributed by atoms with E-state index in [9.17, 15) is 9.59 Å². The van der Waals surface area contributed by atoms with E-state index < -0.39 is 11.8 Å². The molecular formula is C34H28ClIN2O4S. The summed E-state index contributed by atoms with van der Waals surface area (Å²) in [6.07, 6.45) is 1.59. The highest BCUT2D eigenvalue weighted by Crippen LogP contribution is 2.37. The first-order valence-corrected chi connectivity index (χ1v) is 15.4. The molecule has 1 saturated heterocycles. The third-order valence-electron chi connectivity index (χ3n) is 6.77. The number of nitrogens with zero attached hydrogens (tertiary/aromatic N) is 2. The van der Waals surface area contributed by atoms with Gasteiger partial charge in [0.25, 0.3) is 11.8 Å². The fourth-order valence-electron chi connectivity index (χ4n) is 4.55. The molecule has 4 aromatic rings. The number of aryl methyl sites for hydroxylation is 2. The molecule has 5 rings (SSSR count). The van der Waals surface area contributed by atoms with Crippen LogP contribution < -0.4 is 19.3 Å². The molecule has 0 atom stereocenters. The molecule has 4 aromatic carbocycles. The Balaban J connectivity index is 1.56. The Kier molecular flexibility index (Phi) is 9.49. The quantitative estimate of drug-likeness (QED) is 0.0794. The number of carbonyl (C=O) groups is 2. The van der Waals surface area contributed by atoms with E-state index in [4.69, 9.17) is 33.3 Å². The summed E-state index contributed by atoms with van der Waals surface area (Å²) >= 11 is 13.9. The molecule has 43 heavy (non-hydrogen) atoms. The molecule has 9 heteroatoms. The predicted octanol–water partition coefficient (Wildman–Crippen LogP) is 8.29. The van der Waals surface area contributed by atoms with Crippen molar-refractivity contribution in [2.24, 2.45) is 0 Å². The average molecular weight is 723 g/mol. The van der Waals surface area contributed by atoms with Gasteiger partial charge in [0.1, 0.15) is 12.2 Å². The Morgan fingerprint density at radius 2 is 1.35 bits per heavy atom. The summed E-state index contributed by atoms with van der Waals surface area (Å²) in [7, 11) is 0. The van der Waals surface area contributed by atoms with Crippen LogP contribution in [0.3, 0.4) is 0 Å². The molecule has 0 unspecified atom stereocenters. The number of thiocarbonyl (C=S) groups is 1. The van der Waals surface area contributed by atoms with E-state index in [0.717, 1.165) is 20.3 Å². The van der Waals surface area contributed by atoms with Crippen LogP contribution in [-0.4, -0.2) is 23.5 Å². The van der Waals surface area contributed by atoms with Crippen molar-refractivity contribution in [3.8, 4) is 11.5 Å². The van der Waals surface area contributed by atoms with E-state index in [0.29, 0.717) is 46.7 Å². The molecule has 1 fully saturated rings. The lowest BCUT2D eigenvalue weighted by Crippen LogP contribution is -2.56. The lowest BCUT2D eigenvalue weighted by molar-refractivity contribution is -0.120. The van der Waals surface area contributed by atoms with Crippen LogP contribution in [0.5, 0.6) is 11.5 Å². The van der Waals surface area contributed by atoms with Gasteiger partial charge in [-0.2, -0.15) is 0 Å². The second-order valence-electron chi connectivity index (χ2n) is 9.97. The van der Waals surface area contributed by atoms with Crippen molar-refractivity contribution in [2.45, 2.75) is 27.4 Å². The summed E-state index contributed by atoms with van der Waals surface area (Å²) in [5, 5.41) is 0.746. The van der Waals surface area contributed by atoms with Gasteiger partial charge in [0.05, 0.1) is 21.6 Å². The minimum absolute atomic E-state index is 0.0252. The Morgan fingerprint density at radius 3 is 1.86 bits per heavy atom. The third-order valence-corrected chi connectivity index (χ3v) is 8.19. The topological polar surface area (TPSA) is 59.1 Å². The highest BCUT2D eigenvalue weighted by atomic mass is 127. The molecule has 2 amide bonds. The molecule has 0 aromatic heterocycles. The molecule has 0 bridgehead atoms. The van der Waals surface area contributed by atoms with Gasteiger partial charge in [-0.25, -0.2) is 0 Å². The molecule has 0 aliphatic carbocycles. The fraction of sp³-hybridized carbons (Fsp3) is 0.147. The summed E-state index contributed by atoms with van der Waals surface area (Å²) < 4.78 is 12.9. The second kappa shape index (κ2) is 13.3. The molecule has 218 valence electrons. The first-order valence-electron chi connectivity index (χ1n) is 13.6. The van der Waals surface area contributed by atoms with Crippen LogP contribution in [0.2, 0.25) is 5.02 Å². The van der Waals surface area contributed by atoms with Crippen molar-refractivity contribution in [1.29, 1.82) is 0 Å². The van der Waals surface area contributed by atoms with Gasteiger partial charge in [0.2, 0.25) is 0 Å². The second-order valence-corrected chi connectivity index (χ2v) is 11.9. The van der Waals surface area contributed by atoms with Crippen LogP contribution in [0.15, 0.2) is 90.5 Å². The fourth-order valence-corrected chi connectivity index (χ4v) is 5.83. The van der Waals surface area contributed by atoms with E-state index in [1.807, 2.05) is 99.6 Å². The Hall–Kier alpha value is -3.73. The van der Waals surface area contributed by atoms with Crippen LogP contribution in [-0.2, 0) is 16.2 Å². The van der Waals surface area contributed by atoms with Gasteiger partial charge in [-0.05, 0) is 121 Å². The molecule has 1 aliphatic rings. The smallest absolute Gasteiger partial charge is 0.270 e. The lowest BCUT2D eigenvalue weighted by atomic mass is 10.0. The van der Waals surface area contributed by atoms with E-state index in [1.54, 1.807) is 12.1 Å². The van der Waals surface area contributed by atoms with E-state index >= 15 is 0 Å². The van der Waals surface area contributed by atoms with Crippen molar-refractivity contribution >= 4 is 80.8 Å². The Bertz CT molecular complexity index is 1650. The number of benzene rings is 4. The van der Waals surface area contributed by atoms with E-state index in [2.05, 4.69) is 22.6 Å². The molecule has 0 N–H and O–H groups in total. The first-order chi connectivity index (χ1) is 20.7. The molecule has 0 saturated carbocycles. The van der Waals surface area contributed by atoms with Crippen LogP contribution in [0.4, 0.5) is 11.4 Å². The van der Waals surface area contributed by atoms with Crippen molar-refractivity contribution in [2.75, 3.05) is 16.4 Å². The molecule has 0 spiro atoms. The monoisotopic (exact) mass is 722 g/mol. The van der Waals surface area contributed by atoms with Gasteiger partial charge in [-0.3, -0.25) is 19.4 Å². The minimum atomic E-state index is -0.502. The van der Waals surface area contributed by atoms with Crippen LogP contribution >= 0.6 is 46.4 Å². The third kappa shape index (κ3) is 6.76. The Labute approximate surface area is 275 Å². The molecule has 0 radical (unpaired) electrons. The SMILES string of the molecule is CCOc1cc(C=C2C(=O)N(c3ccc(C)cc3)C(=S)N(c3ccc(C)cc3)C2=O)cc(I)c1OCc1ccc(Cl)cc1. The number of halogens is 2. The predicted molar refractivity (Wildman–Crippen MR) is 184 cm³/mol. The van der Waals surface area contributed by atoms with Crippen molar-refractivity contribution in [3.05, 3.63) is 121 Å². The minimum Gasteiger partial charge on any atom is -0.490 e. The lowest BCUT2D eigenvalue weighted by Gasteiger charge is -2.36. The number of ether oxygens (including phenoxy) is 2. The maximum atomic E-state index is 14.0.